The lowest BCUT2D eigenvalue weighted by Gasteiger charge is -2.08. The van der Waals surface area contributed by atoms with Crippen LogP contribution in [0.5, 0.6) is 0 Å². The summed E-state index contributed by atoms with van der Waals surface area (Å²) in [7, 11) is 0. The van der Waals surface area contributed by atoms with Gasteiger partial charge in [-0.2, -0.15) is 5.10 Å². The molecule has 106 valence electrons. The third kappa shape index (κ3) is 2.69. The molecule has 0 aliphatic heterocycles. The van der Waals surface area contributed by atoms with Gasteiger partial charge in [-0.15, -0.1) is 0 Å². The molecule has 21 heavy (non-hydrogen) atoms. The van der Waals surface area contributed by atoms with Gasteiger partial charge in [0.05, 0.1) is 11.3 Å². The number of nitrogens with zero attached hydrogens (tertiary/aromatic N) is 1. The molecule has 2 aromatic carbocycles. The fraction of sp³-hybridized carbons (Fsp3) is 0.0625. The van der Waals surface area contributed by atoms with Crippen molar-refractivity contribution in [1.29, 1.82) is 0 Å². The number of halogens is 2. The number of nitrogens with one attached hydrogen (secondary N) is 1. The zero-order valence-corrected chi connectivity index (χ0v) is 13.7. The molecule has 0 saturated heterocycles. The van der Waals surface area contributed by atoms with Gasteiger partial charge in [-0.05, 0) is 42.3 Å². The number of H-pyrrole nitrogens is 1. The van der Waals surface area contributed by atoms with Crippen LogP contribution < -0.4 is 5.73 Å². The van der Waals surface area contributed by atoms with E-state index in [1.807, 2.05) is 30.3 Å². The van der Waals surface area contributed by atoms with E-state index < -0.39 is 0 Å². The maximum Gasteiger partial charge on any atom is 0.153 e. The number of nitrogen functional groups attached to an aromatic ring is 1. The van der Waals surface area contributed by atoms with Crippen LogP contribution in [0.3, 0.4) is 0 Å². The number of nitrogens with two attached hydrogens (primary N) is 1. The van der Waals surface area contributed by atoms with E-state index in [9.17, 15) is 0 Å². The van der Waals surface area contributed by atoms with Gasteiger partial charge in [0.2, 0.25) is 0 Å². The quantitative estimate of drug-likeness (QED) is 0.670. The minimum atomic E-state index is 0.464. The van der Waals surface area contributed by atoms with Crippen molar-refractivity contribution in [2.24, 2.45) is 0 Å². The Hall–Kier alpha value is -1.78. The van der Waals surface area contributed by atoms with Gasteiger partial charge in [0, 0.05) is 15.1 Å². The van der Waals surface area contributed by atoms with Gasteiger partial charge in [0.1, 0.15) is 0 Å². The number of aryl methyl sites for hydroxylation is 1. The maximum absolute atomic E-state index is 6.09. The van der Waals surface area contributed by atoms with E-state index in [1.165, 1.54) is 0 Å². The number of hydrogen-bond acceptors (Lipinski definition) is 2. The van der Waals surface area contributed by atoms with Crippen LogP contribution in [0, 0.1) is 6.92 Å². The van der Waals surface area contributed by atoms with Crippen LogP contribution in [0.15, 0.2) is 46.9 Å². The molecule has 0 saturated carbocycles. The number of aromatic amines is 1. The molecule has 0 atom stereocenters. The van der Waals surface area contributed by atoms with Gasteiger partial charge in [-0.1, -0.05) is 45.7 Å². The summed E-state index contributed by atoms with van der Waals surface area (Å²) in [5.41, 5.74) is 11.0. The first-order chi connectivity index (χ1) is 10.1. The number of aromatic nitrogens is 2. The van der Waals surface area contributed by atoms with Crippen LogP contribution in [0.25, 0.3) is 22.4 Å². The fourth-order valence-electron chi connectivity index (χ4n) is 2.35. The van der Waals surface area contributed by atoms with Crippen LogP contribution in [-0.2, 0) is 0 Å². The van der Waals surface area contributed by atoms with Crippen molar-refractivity contribution in [2.45, 2.75) is 6.92 Å². The van der Waals surface area contributed by atoms with Gasteiger partial charge < -0.3 is 5.73 Å². The molecule has 3 nitrogen and oxygen atoms in total. The Labute approximate surface area is 136 Å². The van der Waals surface area contributed by atoms with Crippen LogP contribution in [0.4, 0.5) is 5.82 Å². The van der Waals surface area contributed by atoms with E-state index >= 15 is 0 Å². The first-order valence-corrected chi connectivity index (χ1v) is 7.59. The highest BCUT2D eigenvalue weighted by Crippen LogP contribution is 2.37. The largest absolute Gasteiger partial charge is 0.382 e. The number of benzene rings is 2. The topological polar surface area (TPSA) is 54.7 Å². The minimum Gasteiger partial charge on any atom is -0.382 e. The molecular formula is C16H13BrClN3. The fourth-order valence-corrected chi connectivity index (χ4v) is 2.90. The lowest BCUT2D eigenvalue weighted by molar-refractivity contribution is 1.10. The highest BCUT2D eigenvalue weighted by molar-refractivity contribution is 9.10. The third-order valence-electron chi connectivity index (χ3n) is 3.38. The Morgan fingerprint density at radius 1 is 1.19 bits per heavy atom. The molecule has 3 N–H and O–H groups in total. The molecule has 1 aromatic heterocycles. The Morgan fingerprint density at radius 3 is 2.76 bits per heavy atom. The number of hydrogen-bond donors (Lipinski definition) is 2. The van der Waals surface area contributed by atoms with Crippen molar-refractivity contribution in [3.63, 3.8) is 0 Å². The highest BCUT2D eigenvalue weighted by Gasteiger charge is 2.16. The summed E-state index contributed by atoms with van der Waals surface area (Å²) in [5, 5.41) is 7.87. The van der Waals surface area contributed by atoms with Gasteiger partial charge in [0.15, 0.2) is 5.82 Å². The monoisotopic (exact) mass is 361 g/mol. The van der Waals surface area contributed by atoms with Gasteiger partial charge in [-0.25, -0.2) is 0 Å². The SMILES string of the molecule is Cc1ccc(Br)cc1-c1[nH]nc(N)c1-c1cccc(Cl)c1. The smallest absolute Gasteiger partial charge is 0.153 e. The molecule has 0 aliphatic carbocycles. The van der Waals surface area contributed by atoms with Crippen LogP contribution in [-0.4, -0.2) is 10.2 Å². The van der Waals surface area contributed by atoms with Crippen molar-refractivity contribution in [2.75, 3.05) is 5.73 Å². The summed E-state index contributed by atoms with van der Waals surface area (Å²) in [4.78, 5) is 0. The molecule has 0 fully saturated rings. The summed E-state index contributed by atoms with van der Waals surface area (Å²) in [6.45, 7) is 2.06. The lowest BCUT2D eigenvalue weighted by atomic mass is 9.98. The average molecular weight is 363 g/mol. The van der Waals surface area contributed by atoms with E-state index in [2.05, 4.69) is 45.2 Å². The molecule has 1 heterocycles. The second kappa shape index (κ2) is 5.54. The number of anilines is 1. The van der Waals surface area contributed by atoms with Crippen molar-refractivity contribution in [3.05, 3.63) is 57.5 Å². The highest BCUT2D eigenvalue weighted by atomic mass is 79.9. The Morgan fingerprint density at radius 2 is 2.00 bits per heavy atom. The minimum absolute atomic E-state index is 0.464. The molecule has 0 spiro atoms. The van der Waals surface area contributed by atoms with Gasteiger partial charge >= 0.3 is 0 Å². The van der Waals surface area contributed by atoms with E-state index in [4.69, 9.17) is 17.3 Å². The molecule has 0 amide bonds. The Bertz CT molecular complexity index is 811. The van der Waals surface area contributed by atoms with Crippen molar-refractivity contribution >= 4 is 33.3 Å². The third-order valence-corrected chi connectivity index (χ3v) is 4.10. The normalized spacial score (nSPS) is 10.8. The van der Waals surface area contributed by atoms with E-state index in [0.29, 0.717) is 10.8 Å². The van der Waals surface area contributed by atoms with Crippen LogP contribution in [0.1, 0.15) is 5.56 Å². The predicted molar refractivity (Wildman–Crippen MR) is 91.3 cm³/mol. The van der Waals surface area contributed by atoms with E-state index in [0.717, 1.165) is 32.4 Å². The lowest BCUT2D eigenvalue weighted by Crippen LogP contribution is -1.90. The first-order valence-electron chi connectivity index (χ1n) is 6.42. The summed E-state index contributed by atoms with van der Waals surface area (Å²) in [5.74, 6) is 0.464. The summed E-state index contributed by atoms with van der Waals surface area (Å²) in [6.07, 6.45) is 0. The summed E-state index contributed by atoms with van der Waals surface area (Å²) < 4.78 is 1.01. The van der Waals surface area contributed by atoms with Gasteiger partial charge in [-0.3, -0.25) is 5.10 Å². The van der Waals surface area contributed by atoms with Crippen molar-refractivity contribution < 1.29 is 0 Å². The second-order valence-electron chi connectivity index (χ2n) is 4.83. The molecule has 5 heteroatoms. The Balaban J connectivity index is 2.24. The zero-order chi connectivity index (χ0) is 15.0. The van der Waals surface area contributed by atoms with Gasteiger partial charge in [0.25, 0.3) is 0 Å². The summed E-state index contributed by atoms with van der Waals surface area (Å²) in [6, 6.07) is 13.7. The molecule has 3 aromatic rings. The summed E-state index contributed by atoms with van der Waals surface area (Å²) >= 11 is 9.60. The van der Waals surface area contributed by atoms with Crippen LogP contribution >= 0.6 is 27.5 Å². The van der Waals surface area contributed by atoms with Crippen molar-refractivity contribution in [1.82, 2.24) is 10.2 Å². The molecule has 3 rings (SSSR count). The molecule has 0 bridgehead atoms. The van der Waals surface area contributed by atoms with Crippen LogP contribution in [0.2, 0.25) is 5.02 Å². The number of rotatable bonds is 2. The molecule has 0 radical (unpaired) electrons. The van der Waals surface area contributed by atoms with Crippen molar-refractivity contribution in [3.8, 4) is 22.4 Å². The first kappa shape index (κ1) is 14.2. The Kier molecular flexibility index (Phi) is 3.74. The molecule has 0 unspecified atom stereocenters. The van der Waals surface area contributed by atoms with E-state index in [-0.39, 0.29) is 0 Å². The van der Waals surface area contributed by atoms with E-state index in [1.54, 1.807) is 0 Å². The second-order valence-corrected chi connectivity index (χ2v) is 6.18. The average Bonchev–Trinajstić information content (AvgIpc) is 2.83. The molecule has 0 aliphatic rings. The maximum atomic E-state index is 6.09. The standard InChI is InChI=1S/C16H13BrClN3/c1-9-5-6-11(17)8-13(9)15-14(16(19)21-20-15)10-3-2-4-12(18)7-10/h2-8H,1H3,(H3,19,20,21). The zero-order valence-electron chi connectivity index (χ0n) is 11.3. The predicted octanol–water partition coefficient (Wildman–Crippen LogP) is 5.05. The molecular weight excluding hydrogens is 350 g/mol.